The molecule has 33 nitrogen and oxygen atoms in total. The van der Waals surface area contributed by atoms with Gasteiger partial charge in [0.05, 0.1) is 39.1 Å². The van der Waals surface area contributed by atoms with Crippen LogP contribution in [0, 0.1) is 0 Å². The van der Waals surface area contributed by atoms with E-state index in [4.69, 9.17) is 52.1 Å². The van der Waals surface area contributed by atoms with E-state index < -0.39 is 235 Å². The molecule has 3 amide bonds. The van der Waals surface area contributed by atoms with Crippen LogP contribution in [0.15, 0.2) is 0 Å². The number of carbonyl (C=O) groups is 3. The lowest BCUT2D eigenvalue weighted by atomic mass is 9.94. The Hall–Kier alpha value is -2.67. The zero-order chi connectivity index (χ0) is 55.5. The highest BCUT2D eigenvalue weighted by Gasteiger charge is 2.57. The quantitative estimate of drug-likeness (QED) is 0.0606. The Kier molecular flexibility index (Phi) is 21.8. The van der Waals surface area contributed by atoms with Crippen molar-refractivity contribution >= 4 is 17.7 Å². The maximum atomic E-state index is 12.5. The fourth-order valence-corrected chi connectivity index (χ4v) is 9.57. The lowest BCUT2D eigenvalue weighted by Gasteiger charge is -2.50. The van der Waals surface area contributed by atoms with Crippen molar-refractivity contribution in [3.8, 4) is 0 Å². The summed E-state index contributed by atoms with van der Waals surface area (Å²) in [4.78, 5) is 37.3. The molecule has 6 rings (SSSR count). The standard InChI is InChI=1S/C42H71N3O30/c1-10-22(53)28(59)30(61)40(66-10)72-34-17(8-49)71-39(20(27(34)58)44-12(3)51)75-36-24(55)15(6-47)69-42(32(36)63)74-35-21(45-13(4)52)37(64)67-18(25(35)56)9-65-38-19(43-11(2)50)26(57)33(16(7-48)70-38)73-41-31(62)29(60)23(54)14(5-46)68-41/h10,14-42,46-49,53-64H,5-9H2,1-4H3,(H,43,50)(H,44,51)(H,45,52)/t10-,14+,15+,16+,17+,18+,19+,20+,21+,22+,23-,24-,25-,26+,27+,28+,29-,30-,31+,32+,33+,34+,35+,36-,37-,38+,39-,40-,41-,42-/m0/s1. The third kappa shape index (κ3) is 13.7. The highest BCUT2D eigenvalue weighted by molar-refractivity contribution is 5.74. The van der Waals surface area contributed by atoms with Crippen LogP contribution in [-0.4, -0.2) is 317 Å². The Bertz CT molecular complexity index is 1850. The molecule has 0 unspecified atom stereocenters. The Labute approximate surface area is 426 Å². The predicted octanol–water partition coefficient (Wildman–Crippen LogP) is -12.6. The number of nitrogens with one attached hydrogen (secondary N) is 3. The zero-order valence-corrected chi connectivity index (χ0v) is 40.7. The minimum Gasteiger partial charge on any atom is -0.394 e. The molecular formula is C42H71N3O30. The fraction of sp³-hybridized carbons (Fsp3) is 0.929. The average molecular weight is 1100 g/mol. The average Bonchev–Trinajstić information content (AvgIpc) is 3.36. The minimum atomic E-state index is -2.20. The lowest BCUT2D eigenvalue weighted by Crippen LogP contribution is -2.70. The van der Waals surface area contributed by atoms with Gasteiger partial charge in [-0.05, 0) is 6.92 Å². The number of ether oxygens (including phenoxy) is 11. The van der Waals surface area contributed by atoms with Gasteiger partial charge in [0.25, 0.3) is 0 Å². The molecule has 6 fully saturated rings. The summed E-state index contributed by atoms with van der Waals surface area (Å²) in [6, 6.07) is -5.00. The fourth-order valence-electron chi connectivity index (χ4n) is 9.57. The maximum absolute atomic E-state index is 12.5. The van der Waals surface area contributed by atoms with E-state index in [1.54, 1.807) is 0 Å². The van der Waals surface area contributed by atoms with Crippen molar-refractivity contribution in [1.82, 2.24) is 16.0 Å². The van der Waals surface area contributed by atoms with Crippen LogP contribution in [0.4, 0.5) is 0 Å². The van der Waals surface area contributed by atoms with Gasteiger partial charge in [-0.3, -0.25) is 14.4 Å². The Morgan fingerprint density at radius 2 is 0.760 bits per heavy atom. The van der Waals surface area contributed by atoms with Crippen molar-refractivity contribution in [2.75, 3.05) is 33.0 Å². The first kappa shape index (κ1) is 61.5. The Morgan fingerprint density at radius 1 is 0.373 bits per heavy atom. The molecule has 0 spiro atoms. The number of hydrogen-bond acceptors (Lipinski definition) is 30. The van der Waals surface area contributed by atoms with E-state index in [1.165, 1.54) is 6.92 Å². The highest BCUT2D eigenvalue weighted by atomic mass is 16.8. The molecule has 6 saturated heterocycles. The van der Waals surface area contributed by atoms with Gasteiger partial charge in [0.15, 0.2) is 37.7 Å². The van der Waals surface area contributed by atoms with Crippen LogP contribution in [0.2, 0.25) is 0 Å². The molecular weight excluding hydrogens is 1030 g/mol. The van der Waals surface area contributed by atoms with E-state index in [2.05, 4.69) is 16.0 Å². The second-order valence-electron chi connectivity index (χ2n) is 19.0. The van der Waals surface area contributed by atoms with Gasteiger partial charge in [0.2, 0.25) is 17.7 Å². The predicted molar refractivity (Wildman–Crippen MR) is 233 cm³/mol. The number of amides is 3. The molecule has 30 atom stereocenters. The molecule has 0 saturated carbocycles. The van der Waals surface area contributed by atoms with Gasteiger partial charge in [-0.2, -0.15) is 0 Å². The van der Waals surface area contributed by atoms with E-state index in [1.807, 2.05) is 0 Å². The van der Waals surface area contributed by atoms with Gasteiger partial charge in [0, 0.05) is 20.8 Å². The summed E-state index contributed by atoms with van der Waals surface area (Å²) in [5, 5.41) is 179. The van der Waals surface area contributed by atoms with E-state index in [-0.39, 0.29) is 0 Å². The lowest BCUT2D eigenvalue weighted by molar-refractivity contribution is -0.376. The minimum absolute atomic E-state index is 0.770. The van der Waals surface area contributed by atoms with E-state index in [0.717, 1.165) is 20.8 Å². The van der Waals surface area contributed by atoms with Gasteiger partial charge in [-0.15, -0.1) is 0 Å². The van der Waals surface area contributed by atoms with Crippen LogP contribution in [0.1, 0.15) is 27.7 Å². The third-order valence-electron chi connectivity index (χ3n) is 13.6. The summed E-state index contributed by atoms with van der Waals surface area (Å²) in [5.74, 6) is -2.38. The molecule has 0 bridgehead atoms. The van der Waals surface area contributed by atoms with Crippen LogP contribution in [0.3, 0.4) is 0 Å². The zero-order valence-electron chi connectivity index (χ0n) is 40.7. The number of carbonyl (C=O) groups excluding carboxylic acids is 3. The molecule has 0 aromatic heterocycles. The van der Waals surface area contributed by atoms with E-state index >= 15 is 0 Å². The van der Waals surface area contributed by atoms with Crippen molar-refractivity contribution in [3.05, 3.63) is 0 Å². The molecule has 434 valence electrons. The number of aliphatic hydroxyl groups is 16. The summed E-state index contributed by atoms with van der Waals surface area (Å²) in [5.41, 5.74) is 0. The number of aliphatic hydroxyl groups excluding tert-OH is 16. The topological polar surface area (TPSA) is 513 Å². The number of hydrogen-bond donors (Lipinski definition) is 19. The van der Waals surface area contributed by atoms with Crippen LogP contribution in [0.25, 0.3) is 0 Å². The van der Waals surface area contributed by atoms with Gasteiger partial charge < -0.3 is 150 Å². The molecule has 75 heavy (non-hydrogen) atoms. The second-order valence-corrected chi connectivity index (χ2v) is 19.0. The smallest absolute Gasteiger partial charge is 0.217 e. The van der Waals surface area contributed by atoms with Crippen molar-refractivity contribution < 1.29 is 148 Å². The van der Waals surface area contributed by atoms with Gasteiger partial charge >= 0.3 is 0 Å². The van der Waals surface area contributed by atoms with Gasteiger partial charge in [-0.1, -0.05) is 0 Å². The second kappa shape index (κ2) is 26.5. The molecule has 0 radical (unpaired) electrons. The molecule has 33 heteroatoms. The first-order valence-corrected chi connectivity index (χ1v) is 23.9. The Morgan fingerprint density at radius 3 is 1.27 bits per heavy atom. The number of rotatable bonds is 18. The summed E-state index contributed by atoms with van der Waals surface area (Å²) in [6.07, 6.45) is -48.6. The normalized spacial score (nSPS) is 48.6. The molecule has 6 aliphatic heterocycles. The third-order valence-corrected chi connectivity index (χ3v) is 13.6. The first-order chi connectivity index (χ1) is 35.4. The largest absolute Gasteiger partial charge is 0.394 e. The highest BCUT2D eigenvalue weighted by Crippen LogP contribution is 2.36. The van der Waals surface area contributed by atoms with Crippen LogP contribution in [-0.2, 0) is 66.5 Å². The van der Waals surface area contributed by atoms with Crippen LogP contribution in [0.5, 0.6) is 0 Å². The summed E-state index contributed by atoms with van der Waals surface area (Å²) < 4.78 is 63.1. The molecule has 6 heterocycles. The van der Waals surface area contributed by atoms with Gasteiger partial charge in [-0.25, -0.2) is 0 Å². The van der Waals surface area contributed by atoms with Crippen molar-refractivity contribution in [2.45, 2.75) is 212 Å². The summed E-state index contributed by atoms with van der Waals surface area (Å²) in [6.45, 7) is -0.101. The molecule has 6 aliphatic rings. The molecule has 0 aromatic carbocycles. The maximum Gasteiger partial charge on any atom is 0.217 e. The summed E-state index contributed by atoms with van der Waals surface area (Å²) in [7, 11) is 0. The van der Waals surface area contributed by atoms with E-state index in [0.29, 0.717) is 0 Å². The van der Waals surface area contributed by atoms with Crippen LogP contribution >= 0.6 is 0 Å². The van der Waals surface area contributed by atoms with Gasteiger partial charge in [0.1, 0.15) is 140 Å². The SMILES string of the molecule is CC(=O)N[C@@H]1[C@@H](O[C@@H]2O[C@H](CO)[C@H](O)[C@H](O[C@@H]3O[C@H](CO)[C@@H](O[C@@H]4O[C@@H](C)[C@@H](O)[C@@H](O)[C@@H]4O)[C@H](O)[C@H]3NC(C)=O)[C@H]2O)[C@@H](O)[C@@H](CO[C@@H]2O[C@H](CO)[C@@H](O[C@@H]3O[C@H](CO)[C@H](O)[C@H](O)[C@H]3O)[C@H](O)[C@H]2NC(C)=O)O[C@@H]1O. The summed E-state index contributed by atoms with van der Waals surface area (Å²) >= 11 is 0. The van der Waals surface area contributed by atoms with Crippen molar-refractivity contribution in [2.24, 2.45) is 0 Å². The molecule has 0 aliphatic carbocycles. The first-order valence-electron chi connectivity index (χ1n) is 23.9. The van der Waals surface area contributed by atoms with Crippen molar-refractivity contribution in [1.29, 1.82) is 0 Å². The van der Waals surface area contributed by atoms with Crippen LogP contribution < -0.4 is 16.0 Å². The molecule has 0 aromatic rings. The monoisotopic (exact) mass is 1100 g/mol. The van der Waals surface area contributed by atoms with E-state index in [9.17, 15) is 96.1 Å². The Balaban J connectivity index is 1.20. The van der Waals surface area contributed by atoms with Crippen molar-refractivity contribution in [3.63, 3.8) is 0 Å². The molecule has 19 N–H and O–H groups in total.